The molecule has 0 saturated heterocycles. The molecule has 1 aromatic heterocycles. The van der Waals surface area contributed by atoms with Gasteiger partial charge in [-0.2, -0.15) is 0 Å². The van der Waals surface area contributed by atoms with E-state index in [0.29, 0.717) is 23.6 Å². The van der Waals surface area contributed by atoms with Gasteiger partial charge in [-0.25, -0.2) is 4.39 Å². The Labute approximate surface area is 175 Å². The molecule has 0 bridgehead atoms. The lowest BCUT2D eigenvalue weighted by molar-refractivity contribution is 0.0937. The summed E-state index contributed by atoms with van der Waals surface area (Å²) < 4.78 is 24.7. The molecule has 3 rings (SSSR count). The molecule has 0 aliphatic heterocycles. The van der Waals surface area contributed by atoms with E-state index in [1.54, 1.807) is 24.3 Å². The highest BCUT2D eigenvalue weighted by molar-refractivity contribution is 5.96. The van der Waals surface area contributed by atoms with Crippen molar-refractivity contribution in [3.05, 3.63) is 82.5 Å². The molecule has 1 atom stereocenters. The largest absolute Gasteiger partial charge is 0.488 e. The lowest BCUT2D eigenvalue weighted by atomic mass is 10.1. The van der Waals surface area contributed by atoms with Gasteiger partial charge in [0.15, 0.2) is 0 Å². The molecule has 1 heterocycles. The number of halogens is 1. The molecule has 0 saturated carbocycles. The van der Waals surface area contributed by atoms with Crippen LogP contribution in [0, 0.1) is 19.7 Å². The van der Waals surface area contributed by atoms with Gasteiger partial charge in [0.1, 0.15) is 23.9 Å². The fourth-order valence-electron chi connectivity index (χ4n) is 3.23. The van der Waals surface area contributed by atoms with E-state index in [2.05, 4.69) is 10.5 Å². The van der Waals surface area contributed by atoms with E-state index in [-0.39, 0.29) is 24.4 Å². The molecule has 0 radical (unpaired) electrons. The van der Waals surface area contributed by atoms with Crippen molar-refractivity contribution in [2.24, 2.45) is 0 Å². The third kappa shape index (κ3) is 5.04. The Morgan fingerprint density at radius 2 is 1.97 bits per heavy atom. The van der Waals surface area contributed by atoms with Crippen LogP contribution in [0.4, 0.5) is 4.39 Å². The van der Waals surface area contributed by atoms with E-state index in [1.807, 2.05) is 45.0 Å². The molecule has 158 valence electrons. The number of benzene rings is 2. The minimum atomic E-state index is -0.302. The minimum Gasteiger partial charge on any atom is -0.488 e. The Bertz CT molecular complexity index is 997. The zero-order valence-electron chi connectivity index (χ0n) is 17.6. The maximum atomic E-state index is 13.6. The highest BCUT2D eigenvalue weighted by atomic mass is 19.1. The number of aromatic nitrogens is 1. The molecule has 2 aromatic carbocycles. The van der Waals surface area contributed by atoms with E-state index in [1.165, 1.54) is 12.1 Å². The predicted molar refractivity (Wildman–Crippen MR) is 112 cm³/mol. The second-order valence-corrected chi connectivity index (χ2v) is 7.33. The number of nitrogens with one attached hydrogen (secondary N) is 1. The van der Waals surface area contributed by atoms with Gasteiger partial charge in [-0.3, -0.25) is 4.79 Å². The summed E-state index contributed by atoms with van der Waals surface area (Å²) in [4.78, 5) is 14.8. The van der Waals surface area contributed by atoms with Crippen LogP contribution in [-0.4, -0.2) is 36.6 Å². The maximum Gasteiger partial charge on any atom is 0.255 e. The molecule has 0 fully saturated rings. The first-order valence-electron chi connectivity index (χ1n) is 9.70. The Kier molecular flexibility index (Phi) is 6.84. The van der Waals surface area contributed by atoms with Crippen molar-refractivity contribution in [2.45, 2.75) is 26.5 Å². The van der Waals surface area contributed by atoms with E-state index < -0.39 is 0 Å². The van der Waals surface area contributed by atoms with Crippen molar-refractivity contribution >= 4 is 5.91 Å². The summed E-state index contributed by atoms with van der Waals surface area (Å²) in [5.41, 5.74) is 2.85. The Morgan fingerprint density at radius 3 is 2.63 bits per heavy atom. The first-order chi connectivity index (χ1) is 14.4. The zero-order chi connectivity index (χ0) is 21.7. The van der Waals surface area contributed by atoms with Crippen molar-refractivity contribution in [3.63, 3.8) is 0 Å². The Hall–Kier alpha value is -3.19. The van der Waals surface area contributed by atoms with E-state index in [0.717, 1.165) is 16.8 Å². The quantitative estimate of drug-likeness (QED) is 0.606. The predicted octanol–water partition coefficient (Wildman–Crippen LogP) is 4.04. The van der Waals surface area contributed by atoms with Gasteiger partial charge in [0.25, 0.3) is 5.91 Å². The molecule has 0 unspecified atom stereocenters. The molecule has 0 spiro atoms. The number of aryl methyl sites for hydroxylation is 2. The van der Waals surface area contributed by atoms with Gasteiger partial charge >= 0.3 is 0 Å². The molecule has 1 N–H and O–H groups in total. The van der Waals surface area contributed by atoms with Gasteiger partial charge < -0.3 is 19.5 Å². The summed E-state index contributed by atoms with van der Waals surface area (Å²) in [6, 6.07) is 13.3. The van der Waals surface area contributed by atoms with Crippen molar-refractivity contribution < 1.29 is 18.4 Å². The van der Waals surface area contributed by atoms with Crippen LogP contribution in [0.1, 0.15) is 39.0 Å². The van der Waals surface area contributed by atoms with Gasteiger partial charge in [0, 0.05) is 6.54 Å². The average molecular weight is 411 g/mol. The highest BCUT2D eigenvalue weighted by Crippen LogP contribution is 2.23. The normalized spacial score (nSPS) is 12.1. The van der Waals surface area contributed by atoms with Crippen LogP contribution in [0.2, 0.25) is 0 Å². The lowest BCUT2D eigenvalue weighted by Gasteiger charge is -2.25. The molecular formula is C23H26FN3O3. The maximum absolute atomic E-state index is 13.6. The summed E-state index contributed by atoms with van der Waals surface area (Å²) in [6.07, 6.45) is 0. The second-order valence-electron chi connectivity index (χ2n) is 7.33. The smallest absolute Gasteiger partial charge is 0.255 e. The topological polar surface area (TPSA) is 67.6 Å². The van der Waals surface area contributed by atoms with Gasteiger partial charge in [0.05, 0.1) is 22.9 Å². The van der Waals surface area contributed by atoms with E-state index in [9.17, 15) is 9.18 Å². The van der Waals surface area contributed by atoms with Crippen molar-refractivity contribution in [1.82, 2.24) is 15.4 Å². The van der Waals surface area contributed by atoms with Crippen LogP contribution in [-0.2, 0) is 6.61 Å². The molecule has 1 amide bonds. The van der Waals surface area contributed by atoms with Gasteiger partial charge in [-0.05, 0) is 57.8 Å². The number of carbonyl (C=O) groups is 1. The fraction of sp³-hybridized carbons (Fsp3) is 0.304. The molecule has 0 aliphatic carbocycles. The minimum absolute atomic E-state index is 0.167. The third-order valence-corrected chi connectivity index (χ3v) is 5.00. The molecule has 30 heavy (non-hydrogen) atoms. The monoisotopic (exact) mass is 411 g/mol. The summed E-state index contributed by atoms with van der Waals surface area (Å²) in [7, 11) is 3.78. The Balaban J connectivity index is 1.70. The van der Waals surface area contributed by atoms with Crippen LogP contribution < -0.4 is 10.1 Å². The summed E-state index contributed by atoms with van der Waals surface area (Å²) >= 11 is 0. The van der Waals surface area contributed by atoms with E-state index in [4.69, 9.17) is 9.26 Å². The Morgan fingerprint density at radius 1 is 1.20 bits per heavy atom. The van der Waals surface area contributed by atoms with Crippen LogP contribution >= 0.6 is 0 Å². The van der Waals surface area contributed by atoms with Crippen molar-refractivity contribution in [2.75, 3.05) is 20.6 Å². The van der Waals surface area contributed by atoms with Gasteiger partial charge in [-0.15, -0.1) is 0 Å². The number of likely N-dealkylation sites (N-methyl/N-ethyl adjacent to an activating group) is 1. The summed E-state index contributed by atoms with van der Waals surface area (Å²) in [5.74, 6) is 0.608. The number of para-hydroxylation sites is 1. The van der Waals surface area contributed by atoms with E-state index >= 15 is 0 Å². The molecular weight excluding hydrogens is 385 g/mol. The lowest BCUT2D eigenvalue weighted by Crippen LogP contribution is -2.34. The second kappa shape index (κ2) is 9.54. The number of hydrogen-bond donors (Lipinski definition) is 1. The first kappa shape index (κ1) is 21.5. The van der Waals surface area contributed by atoms with Crippen LogP contribution in [0.25, 0.3) is 0 Å². The SMILES string of the molecule is Cc1noc(C)c1COc1ccccc1C(=O)NC[C@@H](c1cccc(F)c1)N(C)C. The molecule has 7 heteroatoms. The number of nitrogens with zero attached hydrogens (tertiary/aromatic N) is 2. The zero-order valence-corrected chi connectivity index (χ0v) is 17.6. The summed E-state index contributed by atoms with van der Waals surface area (Å²) in [6.45, 7) is 4.26. The standard InChI is InChI=1S/C23H26FN3O3/c1-15-20(16(2)30-26-15)14-29-22-11-6-5-10-19(22)23(28)25-13-21(27(3)4)17-8-7-9-18(24)12-17/h5-12,21H,13-14H2,1-4H3,(H,25,28)/t21-/m0/s1. The number of ether oxygens (including phenoxy) is 1. The van der Waals surface area contributed by atoms with Gasteiger partial charge in [0.2, 0.25) is 0 Å². The number of rotatable bonds is 8. The molecule has 0 aliphatic rings. The fourth-order valence-corrected chi connectivity index (χ4v) is 3.23. The third-order valence-electron chi connectivity index (χ3n) is 5.00. The van der Waals surface area contributed by atoms with Crippen LogP contribution in [0.3, 0.4) is 0 Å². The van der Waals surface area contributed by atoms with Crippen molar-refractivity contribution in [1.29, 1.82) is 0 Å². The van der Waals surface area contributed by atoms with Crippen molar-refractivity contribution in [3.8, 4) is 5.75 Å². The molecule has 6 nitrogen and oxygen atoms in total. The van der Waals surface area contributed by atoms with Crippen LogP contribution in [0.5, 0.6) is 5.75 Å². The number of amides is 1. The first-order valence-corrected chi connectivity index (χ1v) is 9.70. The number of carbonyl (C=O) groups excluding carboxylic acids is 1. The summed E-state index contributed by atoms with van der Waals surface area (Å²) in [5, 5.41) is 6.86. The van der Waals surface area contributed by atoms with Gasteiger partial charge in [-0.1, -0.05) is 29.4 Å². The average Bonchev–Trinajstić information content (AvgIpc) is 3.04. The molecule has 3 aromatic rings. The highest BCUT2D eigenvalue weighted by Gasteiger charge is 2.19. The van der Waals surface area contributed by atoms with Crippen LogP contribution in [0.15, 0.2) is 53.1 Å². The number of hydrogen-bond acceptors (Lipinski definition) is 5.